The van der Waals surface area contributed by atoms with E-state index in [9.17, 15) is 27.6 Å². The van der Waals surface area contributed by atoms with Crippen molar-refractivity contribution in [2.75, 3.05) is 11.9 Å². The Bertz CT molecular complexity index is 1440. The Balaban J connectivity index is 1.50. The molecule has 11 heteroatoms. The summed E-state index contributed by atoms with van der Waals surface area (Å²) in [5.41, 5.74) is 0.0133. The number of anilines is 1. The van der Waals surface area contributed by atoms with Gasteiger partial charge in [-0.2, -0.15) is 9.78 Å². The lowest BCUT2D eigenvalue weighted by Gasteiger charge is -2.11. The Kier molecular flexibility index (Phi) is 6.49. The molecule has 0 radical (unpaired) electrons. The molecule has 0 aliphatic heterocycles. The molecular weight excluding hydrogens is 467 g/mol. The summed E-state index contributed by atoms with van der Waals surface area (Å²) >= 11 is 0. The normalized spacial score (nSPS) is 11.2. The van der Waals surface area contributed by atoms with Gasteiger partial charge >= 0.3 is 12.3 Å². The second-order valence-corrected chi connectivity index (χ2v) is 7.14. The van der Waals surface area contributed by atoms with Crippen molar-refractivity contribution < 1.29 is 32.2 Å². The zero-order valence-electron chi connectivity index (χ0n) is 17.8. The van der Waals surface area contributed by atoms with Crippen LogP contribution in [0.3, 0.4) is 0 Å². The number of ether oxygens (including phenoxy) is 2. The van der Waals surface area contributed by atoms with E-state index in [0.29, 0.717) is 5.69 Å². The highest BCUT2D eigenvalue weighted by Crippen LogP contribution is 2.24. The monoisotopic (exact) mass is 483 g/mol. The van der Waals surface area contributed by atoms with Crippen molar-refractivity contribution in [1.82, 2.24) is 9.78 Å². The lowest BCUT2D eigenvalue weighted by Crippen LogP contribution is -2.26. The molecule has 0 unspecified atom stereocenters. The smallest absolute Gasteiger partial charge is 0.451 e. The minimum absolute atomic E-state index is 0.162. The third kappa shape index (κ3) is 5.64. The van der Waals surface area contributed by atoms with Crippen LogP contribution in [0.25, 0.3) is 16.5 Å². The number of alkyl halides is 3. The van der Waals surface area contributed by atoms with Crippen molar-refractivity contribution in [2.45, 2.75) is 6.36 Å². The van der Waals surface area contributed by atoms with Crippen LogP contribution in [0.5, 0.6) is 5.75 Å². The Morgan fingerprint density at radius 3 is 2.17 bits per heavy atom. The number of benzene rings is 3. The van der Waals surface area contributed by atoms with Crippen molar-refractivity contribution in [3.8, 4) is 11.4 Å². The zero-order chi connectivity index (χ0) is 25.0. The number of aromatic nitrogens is 2. The summed E-state index contributed by atoms with van der Waals surface area (Å²) < 4.78 is 46.7. The first kappa shape index (κ1) is 23.5. The van der Waals surface area contributed by atoms with Gasteiger partial charge < -0.3 is 14.8 Å². The second-order valence-electron chi connectivity index (χ2n) is 7.14. The summed E-state index contributed by atoms with van der Waals surface area (Å²) in [6.07, 6.45) is -4.83. The SMILES string of the molecule is O=C(COC(=O)c1nn(-c2ccccc2)c(=O)c2ccccc12)Nc1ccc(OC(F)(F)F)cc1. The van der Waals surface area contributed by atoms with E-state index in [4.69, 9.17) is 4.74 Å². The molecule has 0 atom stereocenters. The standard InChI is InChI=1S/C24H16F3N3O5/c25-24(26,27)35-17-12-10-15(11-13-17)28-20(31)14-34-23(33)21-18-8-4-5-9-19(18)22(32)30(29-21)16-6-2-1-3-7-16/h1-13H,14H2,(H,28,31). The average Bonchev–Trinajstić information content (AvgIpc) is 2.84. The zero-order valence-corrected chi connectivity index (χ0v) is 17.8. The Hall–Kier alpha value is -4.67. The summed E-state index contributed by atoms with van der Waals surface area (Å²) in [4.78, 5) is 37.9. The number of nitrogens with zero attached hydrogens (tertiary/aromatic N) is 2. The van der Waals surface area contributed by atoms with Gasteiger partial charge in [-0.25, -0.2) is 4.79 Å². The third-order valence-electron chi connectivity index (χ3n) is 4.71. The van der Waals surface area contributed by atoms with Gasteiger partial charge in [-0.1, -0.05) is 36.4 Å². The topological polar surface area (TPSA) is 99.5 Å². The average molecular weight is 483 g/mol. The number of halogens is 3. The van der Waals surface area contributed by atoms with Crippen molar-refractivity contribution in [3.63, 3.8) is 0 Å². The van der Waals surface area contributed by atoms with E-state index in [0.717, 1.165) is 16.8 Å². The summed E-state index contributed by atoms with van der Waals surface area (Å²) in [6.45, 7) is -0.694. The first-order chi connectivity index (χ1) is 16.7. The van der Waals surface area contributed by atoms with Gasteiger partial charge in [-0.15, -0.1) is 13.2 Å². The summed E-state index contributed by atoms with van der Waals surface area (Å²) in [6, 6.07) is 19.3. The van der Waals surface area contributed by atoms with Gasteiger partial charge in [-0.3, -0.25) is 9.59 Å². The first-order valence-electron chi connectivity index (χ1n) is 10.1. The van der Waals surface area contributed by atoms with Crippen molar-refractivity contribution in [2.24, 2.45) is 0 Å². The molecule has 8 nitrogen and oxygen atoms in total. The maximum absolute atomic E-state index is 12.9. The molecule has 0 spiro atoms. The van der Waals surface area contributed by atoms with E-state index >= 15 is 0 Å². The van der Waals surface area contributed by atoms with Crippen molar-refractivity contribution in [3.05, 3.63) is 94.9 Å². The molecule has 0 aliphatic carbocycles. The van der Waals surface area contributed by atoms with Crippen molar-refractivity contribution >= 4 is 28.3 Å². The minimum atomic E-state index is -4.83. The molecule has 0 bridgehead atoms. The lowest BCUT2D eigenvalue weighted by atomic mass is 10.1. The van der Waals surface area contributed by atoms with Gasteiger partial charge in [0, 0.05) is 11.1 Å². The molecule has 1 heterocycles. The number of para-hydroxylation sites is 1. The number of carbonyl (C=O) groups is 2. The van der Waals surface area contributed by atoms with E-state index in [1.165, 1.54) is 12.1 Å². The Morgan fingerprint density at radius 2 is 1.51 bits per heavy atom. The van der Waals surface area contributed by atoms with E-state index in [1.54, 1.807) is 54.6 Å². The Morgan fingerprint density at radius 1 is 0.886 bits per heavy atom. The number of esters is 1. The van der Waals surface area contributed by atoms with Crippen LogP contribution < -0.4 is 15.6 Å². The molecule has 1 amide bonds. The van der Waals surface area contributed by atoms with E-state index in [2.05, 4.69) is 15.2 Å². The quantitative estimate of drug-likeness (QED) is 0.415. The molecule has 0 fully saturated rings. The molecule has 4 rings (SSSR count). The fourth-order valence-electron chi connectivity index (χ4n) is 3.22. The van der Waals surface area contributed by atoms with Crippen molar-refractivity contribution in [1.29, 1.82) is 0 Å². The molecule has 35 heavy (non-hydrogen) atoms. The number of rotatable bonds is 6. The second kappa shape index (κ2) is 9.67. The first-order valence-corrected chi connectivity index (χ1v) is 10.1. The van der Waals surface area contributed by atoms with Crippen LogP contribution >= 0.6 is 0 Å². The molecule has 0 aliphatic rings. The van der Waals surface area contributed by atoms with Gasteiger partial charge in [0.25, 0.3) is 11.5 Å². The largest absolute Gasteiger partial charge is 0.573 e. The highest BCUT2D eigenvalue weighted by atomic mass is 19.4. The van der Waals surface area contributed by atoms with E-state index < -0.39 is 36.2 Å². The van der Waals surface area contributed by atoms with Gasteiger partial charge in [-0.05, 0) is 42.5 Å². The molecule has 4 aromatic rings. The van der Waals surface area contributed by atoms with Crippen LogP contribution in [0.1, 0.15) is 10.5 Å². The maximum Gasteiger partial charge on any atom is 0.573 e. The lowest BCUT2D eigenvalue weighted by molar-refractivity contribution is -0.274. The minimum Gasteiger partial charge on any atom is -0.451 e. The van der Waals surface area contributed by atoms with Gasteiger partial charge in [0.1, 0.15) is 5.75 Å². The molecular formula is C24H16F3N3O5. The van der Waals surface area contributed by atoms with Gasteiger partial charge in [0.05, 0.1) is 11.1 Å². The van der Waals surface area contributed by atoms with Crippen LogP contribution in [0.4, 0.5) is 18.9 Å². The highest BCUT2D eigenvalue weighted by Gasteiger charge is 2.31. The van der Waals surface area contributed by atoms with E-state index in [-0.39, 0.29) is 22.2 Å². The number of amides is 1. The third-order valence-corrected chi connectivity index (χ3v) is 4.71. The number of carbonyl (C=O) groups excluding carboxylic acids is 2. The predicted molar refractivity (Wildman–Crippen MR) is 119 cm³/mol. The molecule has 1 aromatic heterocycles. The van der Waals surface area contributed by atoms with Gasteiger partial charge in [0.15, 0.2) is 12.3 Å². The fraction of sp³-hybridized carbons (Fsp3) is 0.0833. The molecule has 0 saturated heterocycles. The molecule has 0 saturated carbocycles. The van der Waals surface area contributed by atoms with Crippen LogP contribution in [0.15, 0.2) is 83.7 Å². The number of nitrogens with one attached hydrogen (secondary N) is 1. The van der Waals surface area contributed by atoms with Crippen LogP contribution in [-0.4, -0.2) is 34.6 Å². The fourth-order valence-corrected chi connectivity index (χ4v) is 3.22. The van der Waals surface area contributed by atoms with Crippen LogP contribution in [0, 0.1) is 0 Å². The Labute approximate surface area is 195 Å². The molecule has 1 N–H and O–H groups in total. The van der Waals surface area contributed by atoms with Crippen LogP contribution in [-0.2, 0) is 9.53 Å². The number of hydrogen-bond donors (Lipinski definition) is 1. The maximum atomic E-state index is 12.9. The highest BCUT2D eigenvalue weighted by molar-refractivity contribution is 6.03. The number of fused-ring (bicyclic) bond motifs is 1. The van der Waals surface area contributed by atoms with E-state index in [1.807, 2.05) is 0 Å². The summed E-state index contributed by atoms with van der Waals surface area (Å²) in [7, 11) is 0. The molecule has 3 aromatic carbocycles. The predicted octanol–water partition coefficient (Wildman–Crippen LogP) is 4.08. The summed E-state index contributed by atoms with van der Waals surface area (Å²) in [5.74, 6) is -2.12. The van der Waals surface area contributed by atoms with Crippen LogP contribution in [0.2, 0.25) is 0 Å². The number of hydrogen-bond acceptors (Lipinski definition) is 6. The molecule has 178 valence electrons. The van der Waals surface area contributed by atoms with Gasteiger partial charge in [0.2, 0.25) is 0 Å². The summed E-state index contributed by atoms with van der Waals surface area (Å²) in [5, 5.41) is 7.06.